The molecule has 0 bridgehead atoms. The lowest BCUT2D eigenvalue weighted by molar-refractivity contribution is 0.125. The van der Waals surface area contributed by atoms with E-state index in [1.54, 1.807) is 0 Å². The normalized spacial score (nSPS) is 24.1. The topological polar surface area (TPSA) is 46.1 Å². The number of halogens is 1. The number of ether oxygens (including phenoxy) is 2. The molecule has 0 saturated carbocycles. The summed E-state index contributed by atoms with van der Waals surface area (Å²) in [5.41, 5.74) is 1.48. The fraction of sp³-hybridized carbons (Fsp3) is 0.611. The first kappa shape index (κ1) is 17.5. The van der Waals surface area contributed by atoms with E-state index in [2.05, 4.69) is 15.2 Å². The number of likely N-dealkylation sites (tertiary alicyclic amines) is 1. The van der Waals surface area contributed by atoms with Gasteiger partial charge in [-0.25, -0.2) is 0 Å². The molecule has 1 N–H and O–H groups in total. The van der Waals surface area contributed by atoms with E-state index >= 15 is 0 Å². The van der Waals surface area contributed by atoms with Gasteiger partial charge in [-0.2, -0.15) is 0 Å². The molecule has 2 fully saturated rings. The van der Waals surface area contributed by atoms with Gasteiger partial charge in [0, 0.05) is 43.7 Å². The Morgan fingerprint density at radius 2 is 2.21 bits per heavy atom. The number of benzene rings is 1. The quantitative estimate of drug-likeness (QED) is 0.503. The highest BCUT2D eigenvalue weighted by Gasteiger charge is 2.42. The van der Waals surface area contributed by atoms with Crippen LogP contribution in [0.2, 0.25) is 5.02 Å². The van der Waals surface area contributed by atoms with Crippen molar-refractivity contribution >= 4 is 17.6 Å². The van der Waals surface area contributed by atoms with E-state index in [0.717, 1.165) is 49.4 Å². The maximum Gasteiger partial charge on any atom is 0.193 e. The molecule has 2 heterocycles. The molecule has 132 valence electrons. The Morgan fingerprint density at radius 1 is 1.38 bits per heavy atom. The molecule has 1 spiro atoms. The molecule has 2 aliphatic rings. The van der Waals surface area contributed by atoms with Gasteiger partial charge in [0.2, 0.25) is 0 Å². The maximum atomic E-state index is 5.88. The molecule has 3 rings (SSSR count). The fourth-order valence-corrected chi connectivity index (χ4v) is 3.55. The van der Waals surface area contributed by atoms with Gasteiger partial charge in [0.1, 0.15) is 0 Å². The second-order valence-electron chi connectivity index (χ2n) is 6.63. The van der Waals surface area contributed by atoms with Gasteiger partial charge >= 0.3 is 0 Å². The van der Waals surface area contributed by atoms with Crippen molar-refractivity contribution in [3.63, 3.8) is 0 Å². The molecule has 0 aromatic heterocycles. The molecule has 2 aliphatic heterocycles. The summed E-state index contributed by atoms with van der Waals surface area (Å²) in [5.74, 6) is 0.967. The minimum Gasteiger partial charge on any atom is -0.381 e. The second kappa shape index (κ2) is 8.19. The van der Waals surface area contributed by atoms with Gasteiger partial charge in [-0.15, -0.1) is 0 Å². The van der Waals surface area contributed by atoms with E-state index in [0.29, 0.717) is 18.6 Å². The molecular formula is C18H26ClN3O2. The molecule has 5 nitrogen and oxygen atoms in total. The third-order valence-corrected chi connectivity index (χ3v) is 5.10. The molecule has 1 unspecified atom stereocenters. The van der Waals surface area contributed by atoms with Crippen molar-refractivity contribution < 1.29 is 9.47 Å². The summed E-state index contributed by atoms with van der Waals surface area (Å²) >= 11 is 5.88. The predicted molar refractivity (Wildman–Crippen MR) is 96.5 cm³/mol. The van der Waals surface area contributed by atoms with Gasteiger partial charge in [0.25, 0.3) is 0 Å². The van der Waals surface area contributed by atoms with Crippen LogP contribution in [-0.2, 0) is 16.1 Å². The van der Waals surface area contributed by atoms with E-state index in [9.17, 15) is 0 Å². The molecule has 0 amide bonds. The SMILES string of the molecule is CN=C(NCCOCc1ccc(Cl)cc1)N1CCC2(CCOC2)C1. The zero-order chi connectivity index (χ0) is 16.8. The second-order valence-corrected chi connectivity index (χ2v) is 7.06. The first-order chi connectivity index (χ1) is 11.7. The molecule has 24 heavy (non-hydrogen) atoms. The Morgan fingerprint density at radius 3 is 2.92 bits per heavy atom. The van der Waals surface area contributed by atoms with Crippen LogP contribution < -0.4 is 5.32 Å². The number of guanidine groups is 1. The first-order valence-corrected chi connectivity index (χ1v) is 8.94. The van der Waals surface area contributed by atoms with E-state index in [1.165, 1.54) is 12.8 Å². The predicted octanol–water partition coefficient (Wildman–Crippen LogP) is 2.54. The van der Waals surface area contributed by atoms with E-state index < -0.39 is 0 Å². The molecule has 1 aromatic rings. The van der Waals surface area contributed by atoms with Crippen LogP contribution in [0.3, 0.4) is 0 Å². The lowest BCUT2D eigenvalue weighted by Gasteiger charge is -2.24. The van der Waals surface area contributed by atoms with E-state index in [1.807, 2.05) is 31.3 Å². The van der Waals surface area contributed by atoms with Crippen molar-refractivity contribution in [3.8, 4) is 0 Å². The third kappa shape index (κ3) is 4.41. The lowest BCUT2D eigenvalue weighted by atomic mass is 9.87. The zero-order valence-corrected chi connectivity index (χ0v) is 15.0. The smallest absolute Gasteiger partial charge is 0.193 e. The lowest BCUT2D eigenvalue weighted by Crippen LogP contribution is -2.42. The van der Waals surface area contributed by atoms with Crippen LogP contribution in [-0.4, -0.2) is 57.4 Å². The number of nitrogens with zero attached hydrogens (tertiary/aromatic N) is 2. The zero-order valence-electron chi connectivity index (χ0n) is 14.3. The average Bonchev–Trinajstić information content (AvgIpc) is 3.23. The van der Waals surface area contributed by atoms with Crippen LogP contribution in [0, 0.1) is 5.41 Å². The van der Waals surface area contributed by atoms with Gasteiger partial charge < -0.3 is 19.7 Å². The molecule has 6 heteroatoms. The summed E-state index contributed by atoms with van der Waals surface area (Å²) < 4.78 is 11.3. The van der Waals surface area contributed by atoms with Crippen molar-refractivity contribution in [2.24, 2.45) is 10.4 Å². The summed E-state index contributed by atoms with van der Waals surface area (Å²) in [6.45, 7) is 5.88. The molecule has 1 atom stereocenters. The summed E-state index contributed by atoms with van der Waals surface area (Å²) in [5, 5.41) is 4.15. The molecule has 0 radical (unpaired) electrons. The molecule has 1 aromatic carbocycles. The van der Waals surface area contributed by atoms with Crippen LogP contribution in [0.1, 0.15) is 18.4 Å². The Labute approximate surface area is 149 Å². The van der Waals surface area contributed by atoms with Crippen molar-refractivity contribution in [2.75, 3.05) is 46.5 Å². The van der Waals surface area contributed by atoms with Crippen LogP contribution >= 0.6 is 11.6 Å². The minimum absolute atomic E-state index is 0.350. The number of aliphatic imine (C=N–C) groups is 1. The van der Waals surface area contributed by atoms with Gasteiger partial charge in [0.15, 0.2) is 5.96 Å². The Kier molecular flexibility index (Phi) is 5.98. The van der Waals surface area contributed by atoms with Crippen molar-refractivity contribution in [1.29, 1.82) is 0 Å². The summed E-state index contributed by atoms with van der Waals surface area (Å²) in [6, 6.07) is 7.75. The first-order valence-electron chi connectivity index (χ1n) is 8.56. The Balaban J connectivity index is 1.37. The molecular weight excluding hydrogens is 326 g/mol. The van der Waals surface area contributed by atoms with Crippen LogP contribution in [0.5, 0.6) is 0 Å². The third-order valence-electron chi connectivity index (χ3n) is 4.85. The Hall–Kier alpha value is -1.30. The van der Waals surface area contributed by atoms with Crippen molar-refractivity contribution in [2.45, 2.75) is 19.4 Å². The fourth-order valence-electron chi connectivity index (χ4n) is 3.43. The summed E-state index contributed by atoms with van der Waals surface area (Å²) in [7, 11) is 1.84. The number of hydrogen-bond acceptors (Lipinski definition) is 3. The van der Waals surface area contributed by atoms with Gasteiger partial charge in [-0.3, -0.25) is 4.99 Å². The monoisotopic (exact) mass is 351 g/mol. The van der Waals surface area contributed by atoms with Gasteiger partial charge in [0.05, 0.1) is 19.8 Å². The van der Waals surface area contributed by atoms with Crippen LogP contribution in [0.4, 0.5) is 0 Å². The molecule has 0 aliphatic carbocycles. The average molecular weight is 352 g/mol. The van der Waals surface area contributed by atoms with Crippen LogP contribution in [0.25, 0.3) is 0 Å². The maximum absolute atomic E-state index is 5.88. The number of hydrogen-bond donors (Lipinski definition) is 1. The Bertz CT molecular complexity index is 556. The number of nitrogens with one attached hydrogen (secondary N) is 1. The summed E-state index contributed by atoms with van der Waals surface area (Å²) in [6.07, 6.45) is 2.37. The molecule has 2 saturated heterocycles. The largest absolute Gasteiger partial charge is 0.381 e. The van der Waals surface area contributed by atoms with E-state index in [4.69, 9.17) is 21.1 Å². The number of rotatable bonds is 5. The van der Waals surface area contributed by atoms with Crippen LogP contribution in [0.15, 0.2) is 29.3 Å². The van der Waals surface area contributed by atoms with E-state index in [-0.39, 0.29) is 0 Å². The van der Waals surface area contributed by atoms with Gasteiger partial charge in [-0.1, -0.05) is 23.7 Å². The highest BCUT2D eigenvalue weighted by atomic mass is 35.5. The highest BCUT2D eigenvalue weighted by molar-refractivity contribution is 6.30. The van der Waals surface area contributed by atoms with Crippen molar-refractivity contribution in [3.05, 3.63) is 34.9 Å². The highest BCUT2D eigenvalue weighted by Crippen LogP contribution is 2.38. The van der Waals surface area contributed by atoms with Gasteiger partial charge in [-0.05, 0) is 30.5 Å². The summed E-state index contributed by atoms with van der Waals surface area (Å²) in [4.78, 5) is 6.75. The minimum atomic E-state index is 0.350. The van der Waals surface area contributed by atoms with Crippen molar-refractivity contribution in [1.82, 2.24) is 10.2 Å². The standard InChI is InChI=1S/C18H26ClN3O2/c1-20-17(22-9-6-18(13-22)7-10-24-14-18)21-8-11-23-12-15-2-4-16(19)5-3-15/h2-5H,6-14H2,1H3,(H,20,21).